The summed E-state index contributed by atoms with van der Waals surface area (Å²) in [4.78, 5) is 20.7. The van der Waals surface area contributed by atoms with Crippen LogP contribution in [0.3, 0.4) is 0 Å². The molecule has 1 saturated heterocycles. The fourth-order valence-electron chi connectivity index (χ4n) is 1.67. The number of carbonyl (C=O) groups is 1. The van der Waals surface area contributed by atoms with Crippen molar-refractivity contribution in [3.63, 3.8) is 0 Å². The third-order valence-electron chi connectivity index (χ3n) is 2.60. The molecule has 104 valence electrons. The van der Waals surface area contributed by atoms with E-state index in [0.29, 0.717) is 0 Å². The van der Waals surface area contributed by atoms with Crippen LogP contribution >= 0.6 is 22.3 Å². The Bertz CT molecular complexity index is 622. The SMILES string of the molecule is COc1cc(Cl)nc(N2CC(S(=O)(=O)Cl)CC2=O)n1. The lowest BCUT2D eigenvalue weighted by Gasteiger charge is -2.14. The summed E-state index contributed by atoms with van der Waals surface area (Å²) in [5.74, 6) is -0.254. The number of hydrogen-bond acceptors (Lipinski definition) is 6. The van der Waals surface area contributed by atoms with Gasteiger partial charge in [-0.05, 0) is 0 Å². The summed E-state index contributed by atoms with van der Waals surface area (Å²) in [6.07, 6.45) is -0.204. The molecular formula is C9H9Cl2N3O4S. The minimum Gasteiger partial charge on any atom is -0.481 e. The van der Waals surface area contributed by atoms with Crippen LogP contribution in [0, 0.1) is 0 Å². The normalized spacial score (nSPS) is 19.8. The van der Waals surface area contributed by atoms with E-state index in [1.807, 2.05) is 0 Å². The first-order valence-electron chi connectivity index (χ1n) is 5.13. The molecule has 19 heavy (non-hydrogen) atoms. The molecule has 0 spiro atoms. The van der Waals surface area contributed by atoms with Gasteiger partial charge in [0.05, 0.1) is 7.11 Å². The molecule has 0 radical (unpaired) electrons. The van der Waals surface area contributed by atoms with Gasteiger partial charge in [0.25, 0.3) is 0 Å². The van der Waals surface area contributed by atoms with E-state index in [1.54, 1.807) is 0 Å². The minimum absolute atomic E-state index is 0.00262. The highest BCUT2D eigenvalue weighted by Gasteiger charge is 2.39. The fraction of sp³-hybridized carbons (Fsp3) is 0.444. The van der Waals surface area contributed by atoms with E-state index in [-0.39, 0.29) is 29.9 Å². The van der Waals surface area contributed by atoms with Gasteiger partial charge in [0.1, 0.15) is 10.4 Å². The number of halogens is 2. The average molecular weight is 326 g/mol. The molecule has 2 heterocycles. The van der Waals surface area contributed by atoms with Crippen molar-refractivity contribution in [1.82, 2.24) is 9.97 Å². The van der Waals surface area contributed by atoms with E-state index in [2.05, 4.69) is 9.97 Å². The highest BCUT2D eigenvalue weighted by molar-refractivity contribution is 8.14. The Morgan fingerprint density at radius 3 is 2.68 bits per heavy atom. The van der Waals surface area contributed by atoms with Crippen LogP contribution in [0.4, 0.5) is 5.95 Å². The number of nitrogens with zero attached hydrogens (tertiary/aromatic N) is 3. The number of anilines is 1. The predicted molar refractivity (Wildman–Crippen MR) is 69.1 cm³/mol. The van der Waals surface area contributed by atoms with Gasteiger partial charge in [-0.25, -0.2) is 13.4 Å². The molecule has 0 aliphatic carbocycles. The minimum atomic E-state index is -3.81. The Balaban J connectivity index is 2.33. The van der Waals surface area contributed by atoms with Crippen molar-refractivity contribution in [3.8, 4) is 5.88 Å². The standard InChI is InChI=1S/C9H9Cl2N3O4S/c1-18-7-3-6(10)12-9(13-7)14-4-5(2-8(14)15)19(11,16)17/h3,5H,2,4H2,1H3. The quantitative estimate of drug-likeness (QED) is 0.603. The van der Waals surface area contributed by atoms with E-state index >= 15 is 0 Å². The lowest BCUT2D eigenvalue weighted by Crippen LogP contribution is -2.28. The summed E-state index contributed by atoms with van der Waals surface area (Å²) in [5, 5.41) is -0.887. The van der Waals surface area contributed by atoms with Crippen molar-refractivity contribution in [2.24, 2.45) is 0 Å². The number of ether oxygens (including phenoxy) is 1. The third kappa shape index (κ3) is 3.07. The van der Waals surface area contributed by atoms with Crippen molar-refractivity contribution in [3.05, 3.63) is 11.2 Å². The highest BCUT2D eigenvalue weighted by atomic mass is 35.7. The van der Waals surface area contributed by atoms with E-state index in [1.165, 1.54) is 13.2 Å². The molecule has 1 aromatic heterocycles. The summed E-state index contributed by atoms with van der Waals surface area (Å²) in [5.41, 5.74) is 0. The second kappa shape index (κ2) is 5.10. The molecule has 10 heteroatoms. The largest absolute Gasteiger partial charge is 0.481 e. The molecule has 2 rings (SSSR count). The number of amides is 1. The molecule has 1 atom stereocenters. The number of aromatic nitrogens is 2. The third-order valence-corrected chi connectivity index (χ3v) is 4.66. The van der Waals surface area contributed by atoms with Gasteiger partial charge in [0, 0.05) is 29.7 Å². The molecule has 7 nitrogen and oxygen atoms in total. The van der Waals surface area contributed by atoms with Crippen LogP contribution in [0.5, 0.6) is 5.88 Å². The topological polar surface area (TPSA) is 89.5 Å². The molecule has 0 bridgehead atoms. The first-order valence-corrected chi connectivity index (χ1v) is 7.88. The summed E-state index contributed by atoms with van der Waals surface area (Å²) < 4.78 is 27.4. The second-order valence-electron chi connectivity index (χ2n) is 3.84. The Morgan fingerprint density at radius 1 is 1.47 bits per heavy atom. The number of carbonyl (C=O) groups excluding carboxylic acids is 1. The van der Waals surface area contributed by atoms with Gasteiger partial charge < -0.3 is 4.74 Å². The fourth-order valence-corrected chi connectivity index (χ4v) is 2.86. The Hall–Kier alpha value is -1.12. The molecular weight excluding hydrogens is 317 g/mol. The first-order chi connectivity index (χ1) is 8.81. The Morgan fingerprint density at radius 2 is 2.16 bits per heavy atom. The van der Waals surface area contributed by atoms with Crippen LogP contribution in [0.15, 0.2) is 6.07 Å². The van der Waals surface area contributed by atoms with Crippen molar-refractivity contribution in [1.29, 1.82) is 0 Å². The van der Waals surface area contributed by atoms with Crippen LogP contribution in [-0.4, -0.2) is 43.2 Å². The van der Waals surface area contributed by atoms with Crippen LogP contribution in [0.2, 0.25) is 5.15 Å². The molecule has 0 aromatic carbocycles. The summed E-state index contributed by atoms with van der Waals surface area (Å²) in [6, 6.07) is 1.38. The van der Waals surface area contributed by atoms with Gasteiger partial charge in [-0.1, -0.05) is 11.6 Å². The maximum absolute atomic E-state index is 11.8. The van der Waals surface area contributed by atoms with Crippen molar-refractivity contribution in [2.45, 2.75) is 11.7 Å². The highest BCUT2D eigenvalue weighted by Crippen LogP contribution is 2.26. The first kappa shape index (κ1) is 14.3. The smallest absolute Gasteiger partial charge is 0.237 e. The zero-order chi connectivity index (χ0) is 14.2. The molecule has 1 unspecified atom stereocenters. The second-order valence-corrected chi connectivity index (χ2v) is 7.13. The van der Waals surface area contributed by atoms with Crippen molar-refractivity contribution in [2.75, 3.05) is 18.6 Å². The van der Waals surface area contributed by atoms with Gasteiger partial charge in [-0.2, -0.15) is 4.98 Å². The molecule has 1 aliphatic heterocycles. The molecule has 1 amide bonds. The van der Waals surface area contributed by atoms with Gasteiger partial charge >= 0.3 is 0 Å². The van der Waals surface area contributed by atoms with E-state index in [0.717, 1.165) is 4.90 Å². The molecule has 1 aliphatic rings. The number of rotatable bonds is 3. The number of hydrogen-bond donors (Lipinski definition) is 0. The monoisotopic (exact) mass is 325 g/mol. The van der Waals surface area contributed by atoms with Crippen LogP contribution < -0.4 is 9.64 Å². The maximum Gasteiger partial charge on any atom is 0.237 e. The van der Waals surface area contributed by atoms with E-state index in [4.69, 9.17) is 27.0 Å². The molecule has 0 saturated carbocycles. The van der Waals surface area contributed by atoms with Gasteiger partial charge in [0.2, 0.25) is 26.8 Å². The lowest BCUT2D eigenvalue weighted by molar-refractivity contribution is -0.117. The van der Waals surface area contributed by atoms with Crippen molar-refractivity contribution < 1.29 is 17.9 Å². The summed E-state index contributed by atoms with van der Waals surface area (Å²) in [7, 11) is 2.83. The summed E-state index contributed by atoms with van der Waals surface area (Å²) in [6.45, 7) is -0.103. The Kier molecular flexibility index (Phi) is 3.84. The van der Waals surface area contributed by atoms with Crippen LogP contribution in [0.25, 0.3) is 0 Å². The van der Waals surface area contributed by atoms with Crippen molar-refractivity contribution >= 4 is 43.2 Å². The van der Waals surface area contributed by atoms with Crippen LogP contribution in [0.1, 0.15) is 6.42 Å². The lowest BCUT2D eigenvalue weighted by atomic mass is 10.4. The Labute approximate surface area is 118 Å². The van der Waals surface area contributed by atoms with Gasteiger partial charge in [-0.15, -0.1) is 0 Å². The average Bonchev–Trinajstić information content (AvgIpc) is 2.70. The maximum atomic E-state index is 11.8. The predicted octanol–water partition coefficient (Wildman–Crippen LogP) is 0.812. The zero-order valence-electron chi connectivity index (χ0n) is 9.71. The van der Waals surface area contributed by atoms with E-state index < -0.39 is 20.2 Å². The summed E-state index contributed by atoms with van der Waals surface area (Å²) >= 11 is 5.77. The van der Waals surface area contributed by atoms with Gasteiger partial charge in [0.15, 0.2) is 0 Å². The van der Waals surface area contributed by atoms with E-state index in [9.17, 15) is 13.2 Å². The zero-order valence-corrected chi connectivity index (χ0v) is 12.0. The molecule has 1 aromatic rings. The molecule has 1 fully saturated rings. The van der Waals surface area contributed by atoms with Crippen LogP contribution in [-0.2, 0) is 13.8 Å². The number of methoxy groups -OCH3 is 1. The molecule has 0 N–H and O–H groups in total. The van der Waals surface area contributed by atoms with Gasteiger partial charge in [-0.3, -0.25) is 9.69 Å².